The van der Waals surface area contributed by atoms with E-state index < -0.39 is 0 Å². The molecule has 0 saturated heterocycles. The van der Waals surface area contributed by atoms with E-state index in [1.165, 1.54) is 16.7 Å². The van der Waals surface area contributed by atoms with Crippen molar-refractivity contribution in [3.05, 3.63) is 35.4 Å². The van der Waals surface area contributed by atoms with Crippen LogP contribution in [0.15, 0.2) is 24.3 Å². The number of rotatable bonds is 2. The minimum atomic E-state index is -0.333. The highest BCUT2D eigenvalue weighted by Crippen LogP contribution is 2.40. The summed E-state index contributed by atoms with van der Waals surface area (Å²) in [6.07, 6.45) is 2.20. The largest absolute Gasteiger partial charge is 0.351 e. The zero-order chi connectivity index (χ0) is 15.1. The quantitative estimate of drug-likeness (QED) is 0.494. The number of hydrogen-bond donors (Lipinski definition) is 2. The van der Waals surface area contributed by atoms with E-state index in [9.17, 15) is 4.79 Å². The number of amides is 1. The molecule has 0 aromatic heterocycles. The van der Waals surface area contributed by atoms with Crippen molar-refractivity contribution in [2.45, 2.75) is 46.2 Å². The van der Waals surface area contributed by atoms with Gasteiger partial charge in [0.15, 0.2) is 0 Å². The molecular formula is C16H23N3O. The van der Waals surface area contributed by atoms with E-state index in [4.69, 9.17) is 5.84 Å². The molecule has 0 saturated carbocycles. The summed E-state index contributed by atoms with van der Waals surface area (Å²) in [5, 5.41) is 0. The molecule has 20 heavy (non-hydrogen) atoms. The second-order valence-electron chi connectivity index (χ2n) is 6.06. The van der Waals surface area contributed by atoms with Crippen LogP contribution in [0.5, 0.6) is 0 Å². The molecule has 3 N–H and O–H groups in total. The number of benzene rings is 1. The van der Waals surface area contributed by atoms with E-state index in [-0.39, 0.29) is 17.5 Å². The van der Waals surface area contributed by atoms with Crippen molar-refractivity contribution in [2.24, 2.45) is 5.84 Å². The van der Waals surface area contributed by atoms with E-state index >= 15 is 0 Å². The molecule has 4 heteroatoms. The van der Waals surface area contributed by atoms with Gasteiger partial charge in [0.25, 0.3) is 5.91 Å². The predicted octanol–water partition coefficient (Wildman–Crippen LogP) is 2.38. The van der Waals surface area contributed by atoms with Gasteiger partial charge in [-0.3, -0.25) is 10.2 Å². The molecule has 0 radical (unpaired) electrons. The van der Waals surface area contributed by atoms with Gasteiger partial charge >= 0.3 is 0 Å². The van der Waals surface area contributed by atoms with Crippen molar-refractivity contribution in [3.8, 4) is 0 Å². The van der Waals surface area contributed by atoms with E-state index in [2.05, 4.69) is 62.3 Å². The van der Waals surface area contributed by atoms with Gasteiger partial charge in [0.2, 0.25) is 0 Å². The maximum Gasteiger partial charge on any atom is 0.256 e. The molecule has 1 heterocycles. The molecule has 4 nitrogen and oxygen atoms in total. The third kappa shape index (κ3) is 2.31. The second-order valence-corrected chi connectivity index (χ2v) is 6.06. The maximum absolute atomic E-state index is 12.0. The summed E-state index contributed by atoms with van der Waals surface area (Å²) in [5.74, 6) is 5.12. The zero-order valence-electron chi connectivity index (χ0n) is 12.8. The summed E-state index contributed by atoms with van der Waals surface area (Å²) < 4.78 is 0. The summed E-state index contributed by atoms with van der Waals surface area (Å²) in [4.78, 5) is 14.1. The first-order chi connectivity index (χ1) is 9.27. The molecule has 0 bridgehead atoms. The fourth-order valence-electron chi connectivity index (χ4n) is 3.11. The van der Waals surface area contributed by atoms with Crippen LogP contribution in [0.1, 0.15) is 38.8 Å². The fourth-order valence-corrected chi connectivity index (χ4v) is 3.11. The fraction of sp³-hybridized carbons (Fsp3) is 0.438. The molecular weight excluding hydrogens is 250 g/mol. The number of fused-ring (bicyclic) bond motifs is 1. The van der Waals surface area contributed by atoms with Gasteiger partial charge in [-0.2, -0.15) is 0 Å². The van der Waals surface area contributed by atoms with Crippen LogP contribution in [0.4, 0.5) is 5.69 Å². The topological polar surface area (TPSA) is 58.4 Å². The molecule has 108 valence electrons. The lowest BCUT2D eigenvalue weighted by Crippen LogP contribution is -2.56. The standard InChI is InChI=1S/C16H23N3O/c1-10-6-7-13-11(2)9-16(4,5)19(14(13)8-10)12(3)15(20)18-17/h6-9,12H,17H2,1-5H3,(H,18,20)/t12-/m0/s1. The van der Waals surface area contributed by atoms with Crippen molar-refractivity contribution in [2.75, 3.05) is 4.90 Å². The van der Waals surface area contributed by atoms with E-state index in [1.807, 2.05) is 6.92 Å². The lowest BCUT2D eigenvalue weighted by Gasteiger charge is -2.46. The predicted molar refractivity (Wildman–Crippen MR) is 83.2 cm³/mol. The average Bonchev–Trinajstić information content (AvgIpc) is 2.35. The highest BCUT2D eigenvalue weighted by Gasteiger charge is 2.36. The summed E-state index contributed by atoms with van der Waals surface area (Å²) in [7, 11) is 0. The van der Waals surface area contributed by atoms with Gasteiger partial charge in [-0.05, 0) is 51.8 Å². The van der Waals surface area contributed by atoms with E-state index in [0.717, 1.165) is 5.69 Å². The minimum absolute atomic E-state index is 0.182. The van der Waals surface area contributed by atoms with Crippen LogP contribution in [0.25, 0.3) is 5.57 Å². The van der Waals surface area contributed by atoms with Crippen molar-refractivity contribution < 1.29 is 4.79 Å². The molecule has 1 aliphatic heterocycles. The van der Waals surface area contributed by atoms with Gasteiger partial charge < -0.3 is 4.90 Å². The Balaban J connectivity index is 2.61. The SMILES string of the molecule is CC1=CC(C)(C)N([C@@H](C)C(=O)NN)c2cc(C)ccc21. The Hall–Kier alpha value is -1.81. The molecule has 2 rings (SSSR count). The lowest BCUT2D eigenvalue weighted by atomic mass is 9.87. The summed E-state index contributed by atoms with van der Waals surface area (Å²) >= 11 is 0. The minimum Gasteiger partial charge on any atom is -0.351 e. The Labute approximate surface area is 120 Å². The normalized spacial score (nSPS) is 18.1. The number of allylic oxidation sites excluding steroid dienone is 1. The number of nitrogens with one attached hydrogen (secondary N) is 1. The second kappa shape index (κ2) is 4.94. The first-order valence-corrected chi connectivity index (χ1v) is 6.88. The van der Waals surface area contributed by atoms with Crippen LogP contribution >= 0.6 is 0 Å². The molecule has 0 aliphatic carbocycles. The Morgan fingerprint density at radius 1 is 1.35 bits per heavy atom. The number of aryl methyl sites for hydroxylation is 1. The number of nitrogens with two attached hydrogens (primary N) is 1. The number of anilines is 1. The Bertz CT molecular complexity index is 575. The molecule has 1 atom stereocenters. The number of nitrogens with zero attached hydrogens (tertiary/aromatic N) is 1. The smallest absolute Gasteiger partial charge is 0.256 e. The van der Waals surface area contributed by atoms with Gasteiger partial charge in [-0.1, -0.05) is 18.2 Å². The molecule has 1 aromatic carbocycles. The van der Waals surface area contributed by atoms with Crippen LogP contribution in [0, 0.1) is 6.92 Å². The number of hydrazine groups is 1. The average molecular weight is 273 g/mol. The molecule has 1 amide bonds. The third-order valence-corrected chi connectivity index (χ3v) is 3.94. The highest BCUT2D eigenvalue weighted by atomic mass is 16.2. The van der Waals surface area contributed by atoms with Crippen LogP contribution in [-0.4, -0.2) is 17.5 Å². The summed E-state index contributed by atoms with van der Waals surface area (Å²) in [5.41, 5.74) is 6.70. The van der Waals surface area contributed by atoms with Gasteiger partial charge in [0.1, 0.15) is 6.04 Å². The van der Waals surface area contributed by atoms with Gasteiger partial charge in [-0.15, -0.1) is 0 Å². The van der Waals surface area contributed by atoms with Gasteiger partial charge in [0, 0.05) is 11.3 Å². The third-order valence-electron chi connectivity index (χ3n) is 3.94. The van der Waals surface area contributed by atoms with Crippen LogP contribution in [-0.2, 0) is 4.79 Å². The number of hydrogen-bond acceptors (Lipinski definition) is 3. The number of carbonyl (C=O) groups excluding carboxylic acids is 1. The van der Waals surface area contributed by atoms with E-state index in [0.29, 0.717) is 0 Å². The first-order valence-electron chi connectivity index (χ1n) is 6.88. The van der Waals surface area contributed by atoms with Crippen LogP contribution in [0.3, 0.4) is 0 Å². The zero-order valence-corrected chi connectivity index (χ0v) is 12.8. The Morgan fingerprint density at radius 3 is 2.60 bits per heavy atom. The molecule has 1 aliphatic rings. The lowest BCUT2D eigenvalue weighted by molar-refractivity contribution is -0.122. The molecule has 0 fully saturated rings. The van der Waals surface area contributed by atoms with E-state index in [1.54, 1.807) is 0 Å². The van der Waals surface area contributed by atoms with Crippen LogP contribution in [0.2, 0.25) is 0 Å². The van der Waals surface area contributed by atoms with Gasteiger partial charge in [0.05, 0.1) is 5.54 Å². The van der Waals surface area contributed by atoms with Gasteiger partial charge in [-0.25, -0.2) is 5.84 Å². The molecule has 1 aromatic rings. The first kappa shape index (κ1) is 14.6. The van der Waals surface area contributed by atoms with Crippen LogP contribution < -0.4 is 16.2 Å². The highest BCUT2D eigenvalue weighted by molar-refractivity contribution is 5.89. The van der Waals surface area contributed by atoms with Crippen molar-refractivity contribution in [1.29, 1.82) is 0 Å². The maximum atomic E-state index is 12.0. The Kier molecular flexibility index (Phi) is 3.61. The Morgan fingerprint density at radius 2 is 2.00 bits per heavy atom. The number of carbonyl (C=O) groups is 1. The molecule has 0 spiro atoms. The molecule has 0 unspecified atom stereocenters. The monoisotopic (exact) mass is 273 g/mol. The van der Waals surface area contributed by atoms with Crippen molar-refractivity contribution in [1.82, 2.24) is 5.43 Å². The van der Waals surface area contributed by atoms with Crippen molar-refractivity contribution in [3.63, 3.8) is 0 Å². The summed E-state index contributed by atoms with van der Waals surface area (Å²) in [6, 6.07) is 6.01. The summed E-state index contributed by atoms with van der Waals surface area (Å²) in [6.45, 7) is 10.3. The van der Waals surface area contributed by atoms with Crippen molar-refractivity contribution >= 4 is 17.2 Å².